The Hall–Kier alpha value is -1.51. The molecular weight excluding hydrogens is 176 g/mol. The molecule has 1 aromatic rings. The number of hydrogen-bond donors (Lipinski definition) is 2. The lowest BCUT2D eigenvalue weighted by Gasteiger charge is -2.32. The van der Waals surface area contributed by atoms with Crippen molar-refractivity contribution in [2.24, 2.45) is 0 Å². The molecule has 0 atom stereocenters. The fourth-order valence-electron chi connectivity index (χ4n) is 1.88. The number of hydrogen-bond acceptors (Lipinski definition) is 2. The number of rotatable bonds is 0. The van der Waals surface area contributed by atoms with E-state index in [-0.39, 0.29) is 11.4 Å². The minimum atomic E-state index is -0.169. The number of amides is 1. The second-order valence-corrected chi connectivity index (χ2v) is 4.43. The van der Waals surface area contributed by atoms with E-state index in [2.05, 4.69) is 5.32 Å². The Labute approximate surface area is 83.3 Å². The van der Waals surface area contributed by atoms with Crippen molar-refractivity contribution in [1.82, 2.24) is 5.32 Å². The van der Waals surface area contributed by atoms with Gasteiger partial charge < -0.3 is 11.1 Å². The van der Waals surface area contributed by atoms with Crippen LogP contribution in [-0.2, 0) is 6.42 Å². The number of fused-ring (bicyclic) bond motifs is 1. The minimum absolute atomic E-state index is 0.00347. The Morgan fingerprint density at radius 1 is 1.43 bits per heavy atom. The number of benzene rings is 1. The summed E-state index contributed by atoms with van der Waals surface area (Å²) < 4.78 is 0. The van der Waals surface area contributed by atoms with Gasteiger partial charge in [-0.2, -0.15) is 0 Å². The summed E-state index contributed by atoms with van der Waals surface area (Å²) in [4.78, 5) is 11.7. The van der Waals surface area contributed by atoms with Crippen LogP contribution < -0.4 is 11.1 Å². The number of carbonyl (C=O) groups is 1. The summed E-state index contributed by atoms with van der Waals surface area (Å²) in [5, 5.41) is 2.95. The molecule has 3 nitrogen and oxygen atoms in total. The van der Waals surface area contributed by atoms with Gasteiger partial charge in [-0.15, -0.1) is 0 Å². The van der Waals surface area contributed by atoms with Gasteiger partial charge in [0.25, 0.3) is 5.91 Å². The standard InChI is InChI=1S/C11H14N2O/c1-11(2)6-7-5-8(12)3-4-9(7)10(14)13-11/h3-5H,6,12H2,1-2H3,(H,13,14). The predicted octanol–water partition coefficient (Wildman–Crippen LogP) is 1.33. The van der Waals surface area contributed by atoms with Crippen molar-refractivity contribution in [2.45, 2.75) is 25.8 Å². The molecule has 0 saturated carbocycles. The van der Waals surface area contributed by atoms with Crippen LogP contribution in [0.3, 0.4) is 0 Å². The van der Waals surface area contributed by atoms with Crippen molar-refractivity contribution in [3.8, 4) is 0 Å². The molecule has 74 valence electrons. The zero-order valence-corrected chi connectivity index (χ0v) is 8.42. The lowest BCUT2D eigenvalue weighted by atomic mass is 9.87. The fraction of sp³-hybridized carbons (Fsp3) is 0.364. The molecule has 1 heterocycles. The summed E-state index contributed by atoms with van der Waals surface area (Å²) in [6.07, 6.45) is 0.832. The molecule has 0 radical (unpaired) electrons. The van der Waals surface area contributed by atoms with Crippen LogP contribution in [0.15, 0.2) is 18.2 Å². The van der Waals surface area contributed by atoms with Gasteiger partial charge in [0.05, 0.1) is 0 Å². The highest BCUT2D eigenvalue weighted by Crippen LogP contribution is 2.24. The lowest BCUT2D eigenvalue weighted by molar-refractivity contribution is 0.0897. The third kappa shape index (κ3) is 1.45. The Morgan fingerprint density at radius 3 is 2.86 bits per heavy atom. The van der Waals surface area contributed by atoms with E-state index in [1.807, 2.05) is 19.9 Å². The highest BCUT2D eigenvalue weighted by atomic mass is 16.1. The summed E-state index contributed by atoms with van der Waals surface area (Å²) in [7, 11) is 0. The second kappa shape index (κ2) is 2.74. The van der Waals surface area contributed by atoms with Gasteiger partial charge in [0, 0.05) is 16.8 Å². The molecule has 1 aliphatic heterocycles. The van der Waals surface area contributed by atoms with Crippen molar-refractivity contribution in [1.29, 1.82) is 0 Å². The van der Waals surface area contributed by atoms with Crippen molar-refractivity contribution in [3.05, 3.63) is 29.3 Å². The highest BCUT2D eigenvalue weighted by Gasteiger charge is 2.29. The zero-order chi connectivity index (χ0) is 10.3. The summed E-state index contributed by atoms with van der Waals surface area (Å²) >= 11 is 0. The van der Waals surface area contributed by atoms with Crippen LogP contribution in [0.2, 0.25) is 0 Å². The highest BCUT2D eigenvalue weighted by molar-refractivity contribution is 5.97. The van der Waals surface area contributed by atoms with Crippen molar-refractivity contribution in [2.75, 3.05) is 5.73 Å². The first-order chi connectivity index (χ1) is 6.48. The Morgan fingerprint density at radius 2 is 2.14 bits per heavy atom. The van der Waals surface area contributed by atoms with Crippen LogP contribution in [0.5, 0.6) is 0 Å². The molecule has 0 aliphatic carbocycles. The topological polar surface area (TPSA) is 55.1 Å². The molecule has 2 rings (SSSR count). The summed E-state index contributed by atoms with van der Waals surface area (Å²) in [6, 6.07) is 5.43. The fourth-order valence-corrected chi connectivity index (χ4v) is 1.88. The van der Waals surface area contributed by atoms with Crippen LogP contribution in [0.1, 0.15) is 29.8 Å². The average Bonchev–Trinajstić information content (AvgIpc) is 2.00. The molecule has 0 saturated heterocycles. The zero-order valence-electron chi connectivity index (χ0n) is 8.42. The van der Waals surface area contributed by atoms with E-state index in [9.17, 15) is 4.79 Å². The monoisotopic (exact) mass is 190 g/mol. The number of nitrogens with two attached hydrogens (primary N) is 1. The number of anilines is 1. The van der Waals surface area contributed by atoms with Gasteiger partial charge in [0.2, 0.25) is 0 Å². The van der Waals surface area contributed by atoms with Crippen LogP contribution in [0, 0.1) is 0 Å². The van der Waals surface area contributed by atoms with Crippen molar-refractivity contribution >= 4 is 11.6 Å². The quantitative estimate of drug-likeness (QED) is 0.606. The first kappa shape index (κ1) is 9.06. The van der Waals surface area contributed by atoms with E-state index in [1.165, 1.54) is 0 Å². The minimum Gasteiger partial charge on any atom is -0.399 e. The third-order valence-electron chi connectivity index (χ3n) is 2.46. The maximum absolute atomic E-state index is 11.7. The van der Waals surface area contributed by atoms with E-state index >= 15 is 0 Å². The average molecular weight is 190 g/mol. The maximum atomic E-state index is 11.7. The summed E-state index contributed by atoms with van der Waals surface area (Å²) in [6.45, 7) is 4.02. The maximum Gasteiger partial charge on any atom is 0.251 e. The first-order valence-electron chi connectivity index (χ1n) is 4.69. The van der Waals surface area contributed by atoms with Crippen molar-refractivity contribution < 1.29 is 4.79 Å². The first-order valence-corrected chi connectivity index (χ1v) is 4.69. The van der Waals surface area contributed by atoms with Gasteiger partial charge in [0.15, 0.2) is 0 Å². The van der Waals surface area contributed by atoms with Crippen LogP contribution in [0.4, 0.5) is 5.69 Å². The molecule has 0 unspecified atom stereocenters. The van der Waals surface area contributed by atoms with Crippen molar-refractivity contribution in [3.63, 3.8) is 0 Å². The van der Waals surface area contributed by atoms with Crippen LogP contribution in [-0.4, -0.2) is 11.4 Å². The molecule has 3 N–H and O–H groups in total. The molecule has 0 aromatic heterocycles. The van der Waals surface area contributed by atoms with Gasteiger partial charge >= 0.3 is 0 Å². The molecule has 0 fully saturated rings. The Bertz CT molecular complexity index is 396. The van der Waals surface area contributed by atoms with E-state index in [4.69, 9.17) is 5.73 Å². The molecule has 1 amide bonds. The molecule has 3 heteroatoms. The number of nitrogen functional groups attached to an aromatic ring is 1. The Balaban J connectivity index is 2.51. The normalized spacial score (nSPS) is 18.6. The third-order valence-corrected chi connectivity index (χ3v) is 2.46. The predicted molar refractivity (Wildman–Crippen MR) is 56.1 cm³/mol. The summed E-state index contributed by atoms with van der Waals surface area (Å²) in [5.74, 6) is -0.00347. The SMILES string of the molecule is CC1(C)Cc2cc(N)ccc2C(=O)N1. The number of nitrogens with one attached hydrogen (secondary N) is 1. The largest absolute Gasteiger partial charge is 0.399 e. The molecule has 14 heavy (non-hydrogen) atoms. The molecule has 0 bridgehead atoms. The van der Waals surface area contributed by atoms with E-state index in [0.717, 1.165) is 17.5 Å². The van der Waals surface area contributed by atoms with Gasteiger partial charge in [-0.1, -0.05) is 0 Å². The van der Waals surface area contributed by atoms with Crippen LogP contribution >= 0.6 is 0 Å². The van der Waals surface area contributed by atoms with E-state index < -0.39 is 0 Å². The molecule has 1 aromatic carbocycles. The van der Waals surface area contributed by atoms with Gasteiger partial charge in [-0.3, -0.25) is 4.79 Å². The van der Waals surface area contributed by atoms with Gasteiger partial charge in [0.1, 0.15) is 0 Å². The second-order valence-electron chi connectivity index (χ2n) is 4.43. The van der Waals surface area contributed by atoms with Gasteiger partial charge in [-0.05, 0) is 44.0 Å². The smallest absolute Gasteiger partial charge is 0.251 e. The van der Waals surface area contributed by atoms with E-state index in [0.29, 0.717) is 5.69 Å². The molecule has 0 spiro atoms. The molecule has 1 aliphatic rings. The summed E-state index contributed by atoms with van der Waals surface area (Å²) in [5.41, 5.74) is 8.02. The Kier molecular flexibility index (Phi) is 1.77. The van der Waals surface area contributed by atoms with Crippen LogP contribution in [0.25, 0.3) is 0 Å². The lowest BCUT2D eigenvalue weighted by Crippen LogP contribution is -2.49. The van der Waals surface area contributed by atoms with E-state index in [1.54, 1.807) is 12.1 Å². The number of carbonyl (C=O) groups excluding carboxylic acids is 1. The molecular formula is C11H14N2O. The van der Waals surface area contributed by atoms with Gasteiger partial charge in [-0.25, -0.2) is 0 Å².